The molecule has 22 nitrogen and oxygen atoms in total. The van der Waals surface area contributed by atoms with Gasteiger partial charge < -0.3 is 95.6 Å². The molecule has 0 saturated carbocycles. The topological polar surface area (TPSA) is 367 Å². The number of carboxylic acids is 1. The van der Waals surface area contributed by atoms with Crippen LogP contribution in [0, 0.1) is 23.7 Å². The molecular formula is C60H98N2O20. The van der Waals surface area contributed by atoms with Crippen molar-refractivity contribution in [3.63, 3.8) is 0 Å². The number of amides is 1. The summed E-state index contributed by atoms with van der Waals surface area (Å²) in [4.78, 5) is 38.8. The third-order valence-electron chi connectivity index (χ3n) is 15.0. The quantitative estimate of drug-likeness (QED) is 0.0827. The number of fused-ring (bicyclic) bond motifs is 2. The first-order valence-electron chi connectivity index (χ1n) is 28.8. The summed E-state index contributed by atoms with van der Waals surface area (Å²) in [6, 6.07) is -1.31. The molecule has 0 aromatic carbocycles. The molecule has 0 aromatic heterocycles. The minimum absolute atomic E-state index is 0.0158. The van der Waals surface area contributed by atoms with E-state index >= 15 is 0 Å². The molecule has 3 aliphatic rings. The van der Waals surface area contributed by atoms with Crippen molar-refractivity contribution in [2.24, 2.45) is 29.4 Å². The summed E-state index contributed by atoms with van der Waals surface area (Å²) >= 11 is 0. The van der Waals surface area contributed by atoms with Crippen LogP contribution in [0.5, 0.6) is 0 Å². The van der Waals surface area contributed by atoms with Crippen molar-refractivity contribution in [1.82, 2.24) is 5.32 Å². The molecule has 468 valence electrons. The van der Waals surface area contributed by atoms with Crippen LogP contribution in [0.4, 0.5) is 0 Å². The molecule has 2 bridgehead atoms. The number of carbonyl (C=O) groups excluding carboxylic acids is 2. The van der Waals surface area contributed by atoms with Gasteiger partial charge in [-0.1, -0.05) is 106 Å². The molecule has 0 radical (unpaired) electrons. The summed E-state index contributed by atoms with van der Waals surface area (Å²) in [6.07, 6.45) is 3.14. The fourth-order valence-electron chi connectivity index (χ4n) is 9.83. The lowest BCUT2D eigenvalue weighted by Crippen LogP contribution is -2.64. The second-order valence-corrected chi connectivity index (χ2v) is 22.9. The van der Waals surface area contributed by atoms with Gasteiger partial charge in [-0.3, -0.25) is 14.4 Å². The van der Waals surface area contributed by atoms with Crippen molar-refractivity contribution in [2.45, 2.75) is 222 Å². The van der Waals surface area contributed by atoms with Crippen LogP contribution in [0.15, 0.2) is 85.1 Å². The average molecular weight is 1170 g/mol. The summed E-state index contributed by atoms with van der Waals surface area (Å²) in [7, 11) is 0. The second kappa shape index (κ2) is 36.7. The standard InChI is InChI=1S/C60H98N2O20/c1-37(24-27-61)36-77-29-26-59(6,7)78-28-25-50(69)62-53-55(72)41(5)80-58(56(53)73)81-45-21-19-17-15-13-11-9-8-10-12-14-16-18-20-38(2)54(71)39(3)40(4)79-51(70)32-43(64)30-42(63)22-23-46(66)47(67)31-44(65)34-60(76)35-48(68)52(57(74)75)49(33-45)82-60/h8-21,37-49,52-56,58,63-68,71-73,76H,22-36,61H2,1-7H3,(H,62,69)(H,74,75)/b9-8+,12-10+,13-11+,16-14+,17-15+,20-18+,21-19+. The van der Waals surface area contributed by atoms with E-state index < -0.39 is 165 Å². The van der Waals surface area contributed by atoms with Crippen molar-refractivity contribution >= 4 is 17.8 Å². The van der Waals surface area contributed by atoms with Gasteiger partial charge in [0.15, 0.2) is 12.1 Å². The first-order valence-corrected chi connectivity index (χ1v) is 28.8. The van der Waals surface area contributed by atoms with E-state index in [1.54, 1.807) is 86.8 Å². The first kappa shape index (κ1) is 72.2. The van der Waals surface area contributed by atoms with Crippen molar-refractivity contribution in [3.8, 4) is 0 Å². The fourth-order valence-corrected chi connectivity index (χ4v) is 9.83. The maximum Gasteiger partial charge on any atom is 0.311 e. The number of carboxylic acid groups (broad SMARTS) is 1. The van der Waals surface area contributed by atoms with Gasteiger partial charge in [-0.2, -0.15) is 0 Å². The molecule has 20 unspecified atom stereocenters. The van der Waals surface area contributed by atoms with E-state index in [0.29, 0.717) is 32.1 Å². The largest absolute Gasteiger partial charge is 0.481 e. The highest BCUT2D eigenvalue weighted by molar-refractivity contribution is 5.76. The highest BCUT2D eigenvalue weighted by atomic mass is 16.7. The molecule has 2 saturated heterocycles. The molecule has 20 atom stereocenters. The smallest absolute Gasteiger partial charge is 0.311 e. The number of allylic oxidation sites excluding steroid dienone is 12. The number of ether oxygens (including phenoxy) is 6. The minimum Gasteiger partial charge on any atom is -0.481 e. The van der Waals surface area contributed by atoms with Crippen LogP contribution in [0.2, 0.25) is 0 Å². The molecule has 1 amide bonds. The number of carbonyl (C=O) groups is 3. The number of aliphatic hydroxyl groups is 10. The zero-order chi connectivity index (χ0) is 61.2. The van der Waals surface area contributed by atoms with E-state index in [0.717, 1.165) is 6.42 Å². The molecule has 0 aliphatic carbocycles. The number of rotatable bonds is 15. The Balaban J connectivity index is 1.87. The third kappa shape index (κ3) is 26.5. The minimum atomic E-state index is -2.39. The Morgan fingerprint density at radius 1 is 0.744 bits per heavy atom. The second-order valence-electron chi connectivity index (χ2n) is 22.9. The zero-order valence-electron chi connectivity index (χ0n) is 48.8. The van der Waals surface area contributed by atoms with E-state index in [2.05, 4.69) is 12.2 Å². The number of nitrogens with one attached hydrogen (secondary N) is 1. The summed E-state index contributed by atoms with van der Waals surface area (Å²) < 4.78 is 35.5. The van der Waals surface area contributed by atoms with E-state index in [9.17, 15) is 70.6 Å². The predicted octanol–water partition coefficient (Wildman–Crippen LogP) is 2.45. The van der Waals surface area contributed by atoms with E-state index in [4.69, 9.17) is 34.2 Å². The van der Waals surface area contributed by atoms with Crippen molar-refractivity contribution in [2.75, 3.05) is 26.4 Å². The lowest BCUT2D eigenvalue weighted by Gasteiger charge is -2.45. The SMILES string of the molecule is CC(CCN)COCCC(C)(C)OCCC(=O)NC1C(O)C(C)OC(OC2/C=C/C=C/C=C/C=C/C=C/C=C/C=C/C(C)C(O)C(C)C(C)OC(=O)CC(O)CC(O)CCC(O)C(O)CC(O)CC3(O)CC(O)C(C(=O)O)C(C2)O3)C1O. The van der Waals surface area contributed by atoms with Gasteiger partial charge in [0.2, 0.25) is 5.91 Å². The number of aliphatic hydroxyl groups excluding tert-OH is 9. The number of hydrogen-bond acceptors (Lipinski definition) is 20. The highest BCUT2D eigenvalue weighted by Gasteiger charge is 2.51. The van der Waals surface area contributed by atoms with Gasteiger partial charge in [0, 0.05) is 57.2 Å². The summed E-state index contributed by atoms with van der Waals surface area (Å²) in [6.45, 7) is 14.1. The van der Waals surface area contributed by atoms with Crippen LogP contribution in [-0.2, 0) is 42.8 Å². The maximum atomic E-state index is 13.3. The average Bonchev–Trinajstić information content (AvgIpc) is 3.45. The first-order chi connectivity index (χ1) is 38.6. The molecule has 82 heavy (non-hydrogen) atoms. The summed E-state index contributed by atoms with van der Waals surface area (Å²) in [5.74, 6) is -7.28. The van der Waals surface area contributed by atoms with Crippen LogP contribution in [0.3, 0.4) is 0 Å². The van der Waals surface area contributed by atoms with Gasteiger partial charge in [0.05, 0.1) is 85.7 Å². The molecule has 2 fully saturated rings. The fraction of sp³-hybridized carbons (Fsp3) is 0.717. The Labute approximate surface area is 483 Å². The zero-order valence-corrected chi connectivity index (χ0v) is 48.8. The lowest BCUT2D eigenvalue weighted by atomic mass is 9.82. The maximum absolute atomic E-state index is 13.3. The van der Waals surface area contributed by atoms with Gasteiger partial charge in [-0.25, -0.2) is 0 Å². The Hall–Kier alpha value is -4.05. The molecule has 3 aliphatic heterocycles. The number of esters is 1. The molecule has 0 spiro atoms. The molecule has 0 aromatic rings. The molecular weight excluding hydrogens is 1070 g/mol. The predicted molar refractivity (Wildman–Crippen MR) is 304 cm³/mol. The van der Waals surface area contributed by atoms with Crippen LogP contribution in [0.25, 0.3) is 0 Å². The summed E-state index contributed by atoms with van der Waals surface area (Å²) in [5, 5.41) is 124. The van der Waals surface area contributed by atoms with Gasteiger partial charge in [-0.05, 0) is 72.3 Å². The van der Waals surface area contributed by atoms with Gasteiger partial charge >= 0.3 is 11.9 Å². The number of nitrogens with two attached hydrogens (primary N) is 1. The van der Waals surface area contributed by atoms with Crippen LogP contribution in [-0.4, -0.2) is 203 Å². The lowest BCUT2D eigenvalue weighted by molar-refractivity contribution is -0.309. The Bertz CT molecular complexity index is 2100. The highest BCUT2D eigenvalue weighted by Crippen LogP contribution is 2.38. The summed E-state index contributed by atoms with van der Waals surface area (Å²) in [5.41, 5.74) is 5.00. The van der Waals surface area contributed by atoms with Crippen LogP contribution < -0.4 is 11.1 Å². The van der Waals surface area contributed by atoms with Gasteiger partial charge in [0.25, 0.3) is 0 Å². The van der Waals surface area contributed by atoms with Crippen LogP contribution in [0.1, 0.15) is 119 Å². The van der Waals surface area contributed by atoms with Crippen molar-refractivity contribution < 1.29 is 99.0 Å². The van der Waals surface area contributed by atoms with E-state index in [1.807, 2.05) is 26.8 Å². The van der Waals surface area contributed by atoms with Gasteiger partial charge in [-0.15, -0.1) is 0 Å². The Morgan fingerprint density at radius 3 is 1.96 bits per heavy atom. The monoisotopic (exact) mass is 1170 g/mol. The number of aliphatic carboxylic acids is 1. The normalized spacial score (nSPS) is 39.1. The molecule has 3 heterocycles. The van der Waals surface area contributed by atoms with Gasteiger partial charge in [0.1, 0.15) is 24.2 Å². The Kier molecular flexibility index (Phi) is 32.3. The van der Waals surface area contributed by atoms with Crippen molar-refractivity contribution in [3.05, 3.63) is 85.1 Å². The van der Waals surface area contributed by atoms with Crippen molar-refractivity contribution in [1.29, 1.82) is 0 Å². The Morgan fingerprint density at radius 2 is 1.35 bits per heavy atom. The molecule has 3 rings (SSSR count). The molecule has 14 N–H and O–H groups in total. The number of cyclic esters (lactones) is 1. The van der Waals surface area contributed by atoms with E-state index in [-0.39, 0.29) is 38.2 Å². The molecule has 22 heteroatoms. The third-order valence-corrected chi connectivity index (χ3v) is 15.0. The number of hydrogen-bond donors (Lipinski definition) is 13. The van der Waals surface area contributed by atoms with E-state index in [1.165, 1.54) is 13.0 Å². The van der Waals surface area contributed by atoms with Crippen LogP contribution >= 0.6 is 0 Å².